The topological polar surface area (TPSA) is 13.1 Å². The first kappa shape index (κ1) is 11.3. The molecule has 0 bridgehead atoms. The van der Waals surface area contributed by atoms with E-state index in [0.29, 0.717) is 0 Å². The van der Waals surface area contributed by atoms with Gasteiger partial charge in [0.2, 0.25) is 0 Å². The number of hydrogen-bond donors (Lipinski definition) is 0. The average Bonchev–Trinajstić information content (AvgIpc) is 3.09. The van der Waals surface area contributed by atoms with Crippen molar-refractivity contribution in [1.82, 2.24) is 0 Å². The van der Waals surface area contributed by atoms with E-state index in [9.17, 15) is 0 Å². The Bertz CT molecular complexity index is 733. The fourth-order valence-electron chi connectivity index (χ4n) is 3.09. The molecule has 1 heterocycles. The van der Waals surface area contributed by atoms with Crippen molar-refractivity contribution >= 4 is 26.7 Å². The number of hydrogen-bond acceptors (Lipinski definition) is 1. The van der Waals surface area contributed by atoms with Gasteiger partial charge < -0.3 is 4.42 Å². The van der Waals surface area contributed by atoms with Crippen molar-refractivity contribution in [3.63, 3.8) is 0 Å². The van der Waals surface area contributed by atoms with Gasteiger partial charge in [-0.1, -0.05) is 46.3 Å². The Morgan fingerprint density at radius 1 is 1.00 bits per heavy atom. The van der Waals surface area contributed by atoms with Gasteiger partial charge in [-0.05, 0) is 46.4 Å². The Morgan fingerprint density at radius 2 is 1.84 bits per heavy atom. The summed E-state index contributed by atoms with van der Waals surface area (Å²) in [6.07, 6.45) is 5.88. The third kappa shape index (κ3) is 1.67. The molecule has 0 aliphatic heterocycles. The van der Waals surface area contributed by atoms with Gasteiger partial charge in [-0.25, -0.2) is 0 Å². The van der Waals surface area contributed by atoms with Crippen LogP contribution in [0.15, 0.2) is 53.3 Å². The number of benzene rings is 2. The van der Waals surface area contributed by atoms with Crippen molar-refractivity contribution in [2.24, 2.45) is 0 Å². The number of aryl methyl sites for hydroxylation is 2. The van der Waals surface area contributed by atoms with E-state index in [1.807, 2.05) is 12.3 Å². The zero-order chi connectivity index (χ0) is 12.8. The molecule has 0 amide bonds. The predicted molar refractivity (Wildman–Crippen MR) is 80.8 cm³/mol. The molecule has 94 valence electrons. The van der Waals surface area contributed by atoms with Crippen molar-refractivity contribution in [3.8, 4) is 0 Å². The first-order valence-electron chi connectivity index (χ1n) is 6.54. The van der Waals surface area contributed by atoms with E-state index in [-0.39, 0.29) is 4.83 Å². The minimum absolute atomic E-state index is 0.191. The van der Waals surface area contributed by atoms with Gasteiger partial charge in [-0.2, -0.15) is 0 Å². The maximum Gasteiger partial charge on any atom is 0.0949 e. The highest BCUT2D eigenvalue weighted by atomic mass is 79.9. The summed E-state index contributed by atoms with van der Waals surface area (Å²) in [6.45, 7) is 0. The van der Waals surface area contributed by atoms with Gasteiger partial charge in [0.25, 0.3) is 0 Å². The smallest absolute Gasteiger partial charge is 0.0949 e. The molecule has 2 aromatic carbocycles. The first-order chi connectivity index (χ1) is 9.34. The first-order valence-corrected chi connectivity index (χ1v) is 7.46. The molecule has 1 unspecified atom stereocenters. The van der Waals surface area contributed by atoms with Crippen molar-refractivity contribution in [1.29, 1.82) is 0 Å². The molecule has 19 heavy (non-hydrogen) atoms. The van der Waals surface area contributed by atoms with E-state index >= 15 is 0 Å². The van der Waals surface area contributed by atoms with E-state index in [2.05, 4.69) is 46.3 Å². The Morgan fingerprint density at radius 3 is 2.63 bits per heavy atom. The second-order valence-electron chi connectivity index (χ2n) is 5.07. The van der Waals surface area contributed by atoms with Crippen LogP contribution in [0.5, 0.6) is 0 Å². The molecule has 4 rings (SSSR count). The van der Waals surface area contributed by atoms with Gasteiger partial charge in [0, 0.05) is 5.56 Å². The summed E-state index contributed by atoms with van der Waals surface area (Å²) >= 11 is 3.80. The van der Waals surface area contributed by atoms with E-state index in [4.69, 9.17) is 4.42 Å². The second kappa shape index (κ2) is 4.24. The molecule has 0 fully saturated rings. The molecule has 1 atom stereocenters. The summed E-state index contributed by atoms with van der Waals surface area (Å²) in [5.41, 5.74) is 5.46. The SMILES string of the molecule is BrC(c1ccoc1)c1ccc2c3c(cccc13)CC2. The van der Waals surface area contributed by atoms with Gasteiger partial charge in [-0.15, -0.1) is 0 Å². The molecule has 3 aromatic rings. The summed E-state index contributed by atoms with van der Waals surface area (Å²) < 4.78 is 5.20. The van der Waals surface area contributed by atoms with Crippen LogP contribution in [-0.4, -0.2) is 0 Å². The maximum atomic E-state index is 5.20. The zero-order valence-corrected chi connectivity index (χ0v) is 12.0. The van der Waals surface area contributed by atoms with Crippen LogP contribution in [0.2, 0.25) is 0 Å². The molecule has 0 saturated carbocycles. The highest BCUT2D eigenvalue weighted by molar-refractivity contribution is 9.09. The number of alkyl halides is 1. The summed E-state index contributed by atoms with van der Waals surface area (Å²) in [5, 5.41) is 2.84. The summed E-state index contributed by atoms with van der Waals surface area (Å²) in [5.74, 6) is 0. The molecule has 1 aromatic heterocycles. The predicted octanol–water partition coefficient (Wildman–Crippen LogP) is 5.02. The van der Waals surface area contributed by atoms with Gasteiger partial charge in [0.15, 0.2) is 0 Å². The van der Waals surface area contributed by atoms with E-state index in [1.54, 1.807) is 6.26 Å². The fourth-order valence-corrected chi connectivity index (χ4v) is 3.75. The standard InChI is InChI=1S/C17H13BrO/c18-17(13-8-9-19-10-13)15-7-6-12-5-4-11-2-1-3-14(15)16(11)12/h1-3,6-10,17H,4-5H2. The number of halogens is 1. The second-order valence-corrected chi connectivity index (χ2v) is 5.99. The van der Waals surface area contributed by atoms with Crippen LogP contribution in [0.4, 0.5) is 0 Å². The summed E-state index contributed by atoms with van der Waals surface area (Å²) in [6, 6.07) is 13.2. The molecule has 0 spiro atoms. The molecule has 0 N–H and O–H groups in total. The van der Waals surface area contributed by atoms with Crippen molar-refractivity contribution in [3.05, 3.63) is 71.2 Å². The third-order valence-corrected chi connectivity index (χ3v) is 5.04. The largest absolute Gasteiger partial charge is 0.472 e. The summed E-state index contributed by atoms with van der Waals surface area (Å²) in [7, 11) is 0. The van der Waals surface area contributed by atoms with Crippen molar-refractivity contribution in [2.45, 2.75) is 17.7 Å². The quantitative estimate of drug-likeness (QED) is 0.606. The molecular formula is C17H13BrO. The Kier molecular flexibility index (Phi) is 2.52. The molecule has 1 nitrogen and oxygen atoms in total. The minimum atomic E-state index is 0.191. The Labute approximate surface area is 120 Å². The Balaban J connectivity index is 1.97. The lowest BCUT2D eigenvalue weighted by atomic mass is 9.96. The molecule has 0 saturated heterocycles. The number of furan rings is 1. The summed E-state index contributed by atoms with van der Waals surface area (Å²) in [4.78, 5) is 0.191. The van der Waals surface area contributed by atoms with Gasteiger partial charge in [0.1, 0.15) is 0 Å². The van der Waals surface area contributed by atoms with E-state index in [1.165, 1.54) is 45.9 Å². The van der Waals surface area contributed by atoms with Gasteiger partial charge in [-0.3, -0.25) is 0 Å². The van der Waals surface area contributed by atoms with Crippen LogP contribution in [0.1, 0.15) is 27.1 Å². The normalized spacial score (nSPS) is 15.0. The molecule has 1 aliphatic rings. The van der Waals surface area contributed by atoms with Crippen LogP contribution < -0.4 is 0 Å². The van der Waals surface area contributed by atoms with Gasteiger partial charge >= 0.3 is 0 Å². The number of rotatable bonds is 2. The monoisotopic (exact) mass is 312 g/mol. The van der Waals surface area contributed by atoms with Crippen molar-refractivity contribution < 1.29 is 4.42 Å². The third-order valence-electron chi connectivity index (χ3n) is 4.02. The molecule has 2 heteroatoms. The van der Waals surface area contributed by atoms with Crippen molar-refractivity contribution in [2.75, 3.05) is 0 Å². The van der Waals surface area contributed by atoms with Crippen LogP contribution in [-0.2, 0) is 12.8 Å². The average molecular weight is 313 g/mol. The Hall–Kier alpha value is -1.54. The van der Waals surface area contributed by atoms with E-state index in [0.717, 1.165) is 0 Å². The maximum absolute atomic E-state index is 5.20. The van der Waals surface area contributed by atoms with Crippen LogP contribution >= 0.6 is 15.9 Å². The van der Waals surface area contributed by atoms with Gasteiger partial charge in [0.05, 0.1) is 17.4 Å². The lowest BCUT2D eigenvalue weighted by molar-refractivity contribution is 0.564. The molecule has 1 aliphatic carbocycles. The lowest BCUT2D eigenvalue weighted by Crippen LogP contribution is -1.93. The lowest BCUT2D eigenvalue weighted by Gasteiger charge is -2.13. The fraction of sp³-hybridized carbons (Fsp3) is 0.176. The zero-order valence-electron chi connectivity index (χ0n) is 10.4. The molecule has 0 radical (unpaired) electrons. The van der Waals surface area contributed by atoms with E-state index < -0.39 is 0 Å². The highest BCUT2D eigenvalue weighted by Crippen LogP contribution is 2.39. The highest BCUT2D eigenvalue weighted by Gasteiger charge is 2.20. The van der Waals surface area contributed by atoms with Crippen LogP contribution in [0.3, 0.4) is 0 Å². The van der Waals surface area contributed by atoms with Crippen LogP contribution in [0.25, 0.3) is 10.8 Å². The minimum Gasteiger partial charge on any atom is -0.472 e. The van der Waals surface area contributed by atoms with Crippen LogP contribution in [0, 0.1) is 0 Å². The molecular weight excluding hydrogens is 300 g/mol.